The van der Waals surface area contributed by atoms with Gasteiger partial charge in [-0.2, -0.15) is 0 Å². The van der Waals surface area contributed by atoms with Crippen LogP contribution >= 0.6 is 0 Å². The van der Waals surface area contributed by atoms with E-state index in [4.69, 9.17) is 18.9 Å². The molecule has 0 bridgehead atoms. The first kappa shape index (κ1) is 28.3. The molecule has 1 saturated heterocycles. The van der Waals surface area contributed by atoms with Gasteiger partial charge < -0.3 is 18.9 Å². The van der Waals surface area contributed by atoms with E-state index in [0.717, 1.165) is 74.1 Å². The van der Waals surface area contributed by atoms with Gasteiger partial charge in [0, 0.05) is 23.8 Å². The number of nitrogens with zero attached hydrogens (tertiary/aromatic N) is 1. The largest absolute Gasteiger partial charge is 0.497 e. The van der Waals surface area contributed by atoms with Crippen LogP contribution in [0.25, 0.3) is 0 Å². The zero-order valence-corrected chi connectivity index (χ0v) is 25.9. The highest BCUT2D eigenvalue weighted by atomic mass is 16.6. The van der Waals surface area contributed by atoms with E-state index in [1.165, 1.54) is 17.5 Å². The number of carbonyl (C=O) groups is 1. The summed E-state index contributed by atoms with van der Waals surface area (Å²) in [5.74, 6) is 11.0. The maximum atomic E-state index is 13.2. The summed E-state index contributed by atoms with van der Waals surface area (Å²) in [5, 5.41) is 0. The molecule has 5 aliphatic rings. The molecule has 0 aromatic heterocycles. The van der Waals surface area contributed by atoms with E-state index in [9.17, 15) is 4.79 Å². The number of hydrogen-bond acceptors (Lipinski definition) is 5. The Kier molecular flexibility index (Phi) is 7.01. The molecule has 7 rings (SSSR count). The maximum Gasteiger partial charge on any atom is 0.415 e. The van der Waals surface area contributed by atoms with Gasteiger partial charge in [0.05, 0.1) is 14.2 Å². The molecule has 3 fully saturated rings. The Morgan fingerprint density at radius 3 is 2.51 bits per heavy atom. The molecule has 0 unspecified atom stereocenters. The minimum Gasteiger partial charge on any atom is -0.497 e. The van der Waals surface area contributed by atoms with Gasteiger partial charge in [0.2, 0.25) is 0 Å². The lowest BCUT2D eigenvalue weighted by molar-refractivity contribution is -0.0886. The van der Waals surface area contributed by atoms with Crippen LogP contribution in [0.3, 0.4) is 0 Å². The predicted molar refractivity (Wildman–Crippen MR) is 167 cm³/mol. The lowest BCUT2D eigenvalue weighted by atomic mass is 9.53. The van der Waals surface area contributed by atoms with E-state index < -0.39 is 11.1 Å². The molecule has 2 aromatic rings. The predicted octanol–water partition coefficient (Wildman–Crippen LogP) is 7.45. The number of benzene rings is 2. The van der Waals surface area contributed by atoms with E-state index in [-0.39, 0.29) is 11.5 Å². The third kappa shape index (κ3) is 4.22. The molecule has 1 spiro atoms. The second-order valence-corrected chi connectivity index (χ2v) is 13.4. The number of carbonyl (C=O) groups excluding carboxylic acids is 1. The minimum atomic E-state index is -0.601. The smallest absolute Gasteiger partial charge is 0.415 e. The number of hydrogen-bond donors (Lipinski definition) is 0. The van der Waals surface area contributed by atoms with Crippen LogP contribution in [0.5, 0.6) is 11.5 Å². The van der Waals surface area contributed by atoms with Crippen molar-refractivity contribution in [3.8, 4) is 23.3 Å². The molecule has 6 heteroatoms. The van der Waals surface area contributed by atoms with Gasteiger partial charge in [-0.3, -0.25) is 4.90 Å². The highest BCUT2D eigenvalue weighted by Gasteiger charge is 2.62. The van der Waals surface area contributed by atoms with Crippen molar-refractivity contribution in [2.45, 2.75) is 81.8 Å². The third-order valence-corrected chi connectivity index (χ3v) is 11.8. The number of anilines is 1. The van der Waals surface area contributed by atoms with E-state index >= 15 is 0 Å². The second kappa shape index (κ2) is 10.6. The molecule has 0 radical (unpaired) electrons. The van der Waals surface area contributed by atoms with Gasteiger partial charge >= 0.3 is 6.09 Å². The number of aryl methyl sites for hydroxylation is 1. The van der Waals surface area contributed by atoms with Crippen LogP contribution in [0, 0.1) is 29.1 Å². The van der Waals surface area contributed by atoms with Crippen LogP contribution < -0.4 is 14.4 Å². The van der Waals surface area contributed by atoms with Gasteiger partial charge in [0.15, 0.2) is 0 Å². The van der Waals surface area contributed by atoms with Crippen molar-refractivity contribution in [1.29, 1.82) is 0 Å². The first-order valence-electron chi connectivity index (χ1n) is 15.9. The molecule has 1 aliphatic heterocycles. The molecular weight excluding hydrogens is 538 g/mol. The van der Waals surface area contributed by atoms with Gasteiger partial charge in [-0.05, 0) is 123 Å². The van der Waals surface area contributed by atoms with Gasteiger partial charge in [0.1, 0.15) is 29.2 Å². The molecule has 0 N–H and O–H groups in total. The van der Waals surface area contributed by atoms with Gasteiger partial charge in [0.25, 0.3) is 0 Å². The Labute approximate surface area is 255 Å². The van der Waals surface area contributed by atoms with Crippen molar-refractivity contribution in [2.75, 3.05) is 32.8 Å². The third-order valence-electron chi connectivity index (χ3n) is 11.8. The second-order valence-electron chi connectivity index (χ2n) is 13.4. The van der Waals surface area contributed by atoms with Crippen LogP contribution in [-0.4, -0.2) is 45.2 Å². The minimum absolute atomic E-state index is 0.0278. The zero-order chi connectivity index (χ0) is 29.8. The van der Waals surface area contributed by atoms with Crippen LogP contribution in [0.1, 0.15) is 75.3 Å². The summed E-state index contributed by atoms with van der Waals surface area (Å²) in [6, 6.07) is 14.4. The summed E-state index contributed by atoms with van der Waals surface area (Å²) < 4.78 is 23.1. The highest BCUT2D eigenvalue weighted by molar-refractivity contribution is 5.93. The van der Waals surface area contributed by atoms with E-state index in [0.29, 0.717) is 24.4 Å². The van der Waals surface area contributed by atoms with Crippen molar-refractivity contribution in [1.82, 2.24) is 0 Å². The zero-order valence-electron chi connectivity index (χ0n) is 25.9. The normalized spacial score (nSPS) is 34.3. The fourth-order valence-corrected chi connectivity index (χ4v) is 9.53. The summed E-state index contributed by atoms with van der Waals surface area (Å²) >= 11 is 0. The van der Waals surface area contributed by atoms with Crippen molar-refractivity contribution in [3.63, 3.8) is 0 Å². The lowest BCUT2D eigenvalue weighted by Gasteiger charge is -2.53. The number of fused-ring (bicyclic) bond motifs is 5. The Morgan fingerprint density at radius 2 is 1.74 bits per heavy atom. The standard InChI is InChI=1S/C37H43NO5/c1-35-20-17-31-30-15-13-29(41-3)23-25(30)8-14-32(31)33(35)18-22-37(35,42-4)21-16-26-7-5-6-19-36(26)24-43-34(39)38(36)27-9-11-28(40-2)12-10-27/h7,9-13,15,23,31-33H,5-6,8,14,17-20,22,24H2,1-4H3/t31-,32-,33+,35+,36-,37-/m1/s1. The van der Waals surface area contributed by atoms with Crippen molar-refractivity contribution in [3.05, 3.63) is 65.2 Å². The van der Waals surface area contributed by atoms with Crippen LogP contribution in [0.15, 0.2) is 54.1 Å². The first-order valence-corrected chi connectivity index (χ1v) is 15.9. The van der Waals surface area contributed by atoms with E-state index in [1.807, 2.05) is 36.3 Å². The maximum absolute atomic E-state index is 13.2. The molecule has 226 valence electrons. The number of methoxy groups -OCH3 is 3. The average Bonchev–Trinajstić information content (AvgIpc) is 3.53. The Morgan fingerprint density at radius 1 is 0.953 bits per heavy atom. The summed E-state index contributed by atoms with van der Waals surface area (Å²) in [5.41, 5.74) is 3.63. The fraction of sp³-hybridized carbons (Fsp3) is 0.541. The summed E-state index contributed by atoms with van der Waals surface area (Å²) in [7, 11) is 5.26. The van der Waals surface area contributed by atoms with E-state index in [1.54, 1.807) is 14.2 Å². The number of amides is 1. The molecule has 2 aromatic carbocycles. The average molecular weight is 582 g/mol. The van der Waals surface area contributed by atoms with Gasteiger partial charge in [-0.15, -0.1) is 0 Å². The lowest BCUT2D eigenvalue weighted by Crippen LogP contribution is -2.52. The fourth-order valence-electron chi connectivity index (χ4n) is 9.53. The number of allylic oxidation sites excluding steroid dienone is 1. The molecule has 43 heavy (non-hydrogen) atoms. The number of ether oxygens (including phenoxy) is 4. The Hall–Kier alpha value is -3.43. The summed E-state index contributed by atoms with van der Waals surface area (Å²) in [4.78, 5) is 15.0. The molecule has 2 saturated carbocycles. The molecule has 4 aliphatic carbocycles. The molecule has 1 heterocycles. The molecular formula is C37H43NO5. The van der Waals surface area contributed by atoms with Crippen LogP contribution in [-0.2, 0) is 15.9 Å². The number of rotatable bonds is 4. The number of cyclic esters (lactones) is 1. The Balaban J connectivity index is 1.20. The summed E-state index contributed by atoms with van der Waals surface area (Å²) in [6.45, 7) is 2.76. The highest BCUT2D eigenvalue weighted by Crippen LogP contribution is 2.65. The van der Waals surface area contributed by atoms with Crippen molar-refractivity contribution >= 4 is 11.8 Å². The van der Waals surface area contributed by atoms with Crippen molar-refractivity contribution < 1.29 is 23.7 Å². The molecule has 6 nitrogen and oxygen atoms in total. The topological polar surface area (TPSA) is 57.2 Å². The SMILES string of the molecule is COc1ccc(N2C(=O)OC[C@@]23CCCC=C3C#C[C@@]2(OC)CC[C@H]3[C@@H]4CCc5cc(OC)ccc5[C@H]4CC[C@@]32C)cc1. The Bertz CT molecular complexity index is 1500. The summed E-state index contributed by atoms with van der Waals surface area (Å²) in [6.07, 6.45) is 11.3. The monoisotopic (exact) mass is 581 g/mol. The van der Waals surface area contributed by atoms with Crippen LogP contribution in [0.2, 0.25) is 0 Å². The van der Waals surface area contributed by atoms with Crippen LogP contribution in [0.4, 0.5) is 10.5 Å². The van der Waals surface area contributed by atoms with Gasteiger partial charge in [-0.1, -0.05) is 30.9 Å². The first-order chi connectivity index (χ1) is 20.9. The van der Waals surface area contributed by atoms with Crippen molar-refractivity contribution in [2.24, 2.45) is 17.3 Å². The quantitative estimate of drug-likeness (QED) is 0.351. The van der Waals surface area contributed by atoms with E-state index in [2.05, 4.69) is 43.0 Å². The van der Waals surface area contributed by atoms with Gasteiger partial charge in [-0.25, -0.2) is 4.79 Å². The molecule has 1 amide bonds. The molecule has 6 atom stereocenters.